The SMILES string of the molecule is CC(C)(C)OC(=O)N1CCN(c2ccc(NC(=O)c3c(O)[nH]c(CCc4ccccc4)c3O)cc2C(F)(F)F)CC1. The number of benzene rings is 2. The molecule has 0 aliphatic carbocycles. The second-order valence-electron chi connectivity index (χ2n) is 10.8. The lowest BCUT2D eigenvalue weighted by Gasteiger charge is -2.37. The molecule has 4 rings (SSSR count). The van der Waals surface area contributed by atoms with Crippen LogP contribution in [-0.4, -0.2) is 63.9 Å². The summed E-state index contributed by atoms with van der Waals surface area (Å²) < 4.78 is 47.6. The number of rotatable bonds is 6. The number of hydrogen-bond donors (Lipinski definition) is 4. The second-order valence-corrected chi connectivity index (χ2v) is 10.8. The van der Waals surface area contributed by atoms with Gasteiger partial charge < -0.3 is 35.1 Å². The number of aromatic amines is 1. The predicted octanol–water partition coefficient (Wildman–Crippen LogP) is 5.54. The average Bonchev–Trinajstić information content (AvgIpc) is 3.19. The van der Waals surface area contributed by atoms with Crippen molar-refractivity contribution in [3.8, 4) is 11.6 Å². The maximum Gasteiger partial charge on any atom is 0.418 e. The topological polar surface area (TPSA) is 118 Å². The number of alkyl halides is 3. The highest BCUT2D eigenvalue weighted by Crippen LogP contribution is 2.39. The van der Waals surface area contributed by atoms with Crippen LogP contribution in [0.3, 0.4) is 0 Å². The fraction of sp³-hybridized carbons (Fsp3) is 0.379. The molecule has 0 unspecified atom stereocenters. The molecule has 2 aromatic carbocycles. The number of piperazine rings is 1. The minimum absolute atomic E-state index is 0.0881. The van der Waals surface area contributed by atoms with Crippen LogP contribution in [0.1, 0.15) is 48.0 Å². The van der Waals surface area contributed by atoms with E-state index < -0.39 is 46.5 Å². The molecule has 1 fully saturated rings. The van der Waals surface area contributed by atoms with Gasteiger partial charge in [0, 0.05) is 37.6 Å². The highest BCUT2D eigenvalue weighted by Gasteiger charge is 2.37. The number of carbonyl (C=O) groups is 2. The Labute approximate surface area is 235 Å². The van der Waals surface area contributed by atoms with Crippen molar-refractivity contribution >= 4 is 23.4 Å². The third-order valence-corrected chi connectivity index (χ3v) is 6.59. The maximum atomic E-state index is 14.1. The first-order valence-corrected chi connectivity index (χ1v) is 13.1. The number of halogens is 3. The molecule has 1 aromatic heterocycles. The van der Waals surface area contributed by atoms with Crippen molar-refractivity contribution in [1.29, 1.82) is 0 Å². The van der Waals surface area contributed by atoms with Gasteiger partial charge in [0.1, 0.15) is 11.2 Å². The number of nitrogens with zero attached hydrogens (tertiary/aromatic N) is 2. The zero-order valence-electron chi connectivity index (χ0n) is 23.0. The molecule has 2 heterocycles. The van der Waals surface area contributed by atoms with Crippen molar-refractivity contribution < 1.29 is 37.7 Å². The molecule has 0 saturated carbocycles. The molecule has 0 atom stereocenters. The summed E-state index contributed by atoms with van der Waals surface area (Å²) in [6, 6.07) is 12.8. The Hall–Kier alpha value is -4.35. The van der Waals surface area contributed by atoms with E-state index in [4.69, 9.17) is 4.74 Å². The van der Waals surface area contributed by atoms with Crippen LogP contribution in [0, 0.1) is 0 Å². The van der Waals surface area contributed by atoms with Crippen LogP contribution in [-0.2, 0) is 23.8 Å². The smallest absolute Gasteiger partial charge is 0.418 e. The molecule has 9 nitrogen and oxygen atoms in total. The van der Waals surface area contributed by atoms with E-state index in [0.29, 0.717) is 12.8 Å². The number of aromatic nitrogens is 1. The Bertz CT molecular complexity index is 1390. The Balaban J connectivity index is 1.47. The summed E-state index contributed by atoms with van der Waals surface area (Å²) in [6.07, 6.45) is -4.44. The van der Waals surface area contributed by atoms with E-state index in [0.717, 1.165) is 11.6 Å². The standard InChI is InChI=1S/C29H33F3N4O5/c1-28(2,3)41-27(40)36-15-13-35(14-16-36)22-12-10-19(17-20(22)29(30,31)32)33-25(38)23-24(37)21(34-26(23)39)11-9-18-7-5-4-6-8-18/h4-8,10,12,17,34,37,39H,9,11,13-16H2,1-3H3,(H,33,38). The Morgan fingerprint density at radius 3 is 2.24 bits per heavy atom. The Kier molecular flexibility index (Phi) is 8.41. The van der Waals surface area contributed by atoms with Gasteiger partial charge >= 0.3 is 12.3 Å². The van der Waals surface area contributed by atoms with Gasteiger partial charge in [-0.1, -0.05) is 30.3 Å². The minimum atomic E-state index is -4.73. The molecule has 2 amide bonds. The summed E-state index contributed by atoms with van der Waals surface area (Å²) in [4.78, 5) is 30.8. The van der Waals surface area contributed by atoms with Crippen LogP contribution >= 0.6 is 0 Å². The van der Waals surface area contributed by atoms with Crippen LogP contribution in [0.15, 0.2) is 48.5 Å². The van der Waals surface area contributed by atoms with Gasteiger partial charge in [0.25, 0.3) is 5.91 Å². The van der Waals surface area contributed by atoms with Crippen molar-refractivity contribution in [1.82, 2.24) is 9.88 Å². The number of ether oxygens (including phenoxy) is 1. The highest BCUT2D eigenvalue weighted by atomic mass is 19.4. The third-order valence-electron chi connectivity index (χ3n) is 6.59. The predicted molar refractivity (Wildman–Crippen MR) is 147 cm³/mol. The van der Waals surface area contributed by atoms with E-state index >= 15 is 0 Å². The van der Waals surface area contributed by atoms with E-state index in [-0.39, 0.29) is 43.2 Å². The molecule has 1 aliphatic rings. The van der Waals surface area contributed by atoms with Crippen LogP contribution in [0.2, 0.25) is 0 Å². The van der Waals surface area contributed by atoms with E-state index in [1.807, 2.05) is 30.3 Å². The fourth-order valence-corrected chi connectivity index (χ4v) is 4.60. The van der Waals surface area contributed by atoms with Gasteiger partial charge in [-0.2, -0.15) is 13.2 Å². The first kappa shape index (κ1) is 29.6. The molecular weight excluding hydrogens is 541 g/mol. The first-order chi connectivity index (χ1) is 19.2. The normalized spacial score (nSPS) is 14.2. The lowest BCUT2D eigenvalue weighted by molar-refractivity contribution is -0.137. The number of carbonyl (C=O) groups excluding carboxylic acids is 2. The molecule has 1 saturated heterocycles. The molecule has 0 bridgehead atoms. The van der Waals surface area contributed by atoms with Crippen LogP contribution in [0.5, 0.6) is 11.6 Å². The van der Waals surface area contributed by atoms with Gasteiger partial charge in [0.05, 0.1) is 11.3 Å². The summed E-state index contributed by atoms with van der Waals surface area (Å²) in [5, 5.41) is 23.2. The summed E-state index contributed by atoms with van der Waals surface area (Å²) in [6.45, 7) is 5.89. The molecule has 4 N–H and O–H groups in total. The average molecular weight is 575 g/mol. The van der Waals surface area contributed by atoms with Gasteiger partial charge in [-0.3, -0.25) is 4.79 Å². The number of amides is 2. The molecular formula is C29H33F3N4O5. The van der Waals surface area contributed by atoms with Crippen LogP contribution < -0.4 is 10.2 Å². The summed E-state index contributed by atoms with van der Waals surface area (Å²) in [5.41, 5.74) is -1.14. The molecule has 220 valence electrons. The van der Waals surface area contributed by atoms with Gasteiger partial charge in [-0.05, 0) is 57.4 Å². The van der Waals surface area contributed by atoms with Crippen molar-refractivity contribution in [3.63, 3.8) is 0 Å². The highest BCUT2D eigenvalue weighted by molar-refractivity contribution is 6.08. The molecule has 1 aliphatic heterocycles. The lowest BCUT2D eigenvalue weighted by atomic mass is 10.1. The lowest BCUT2D eigenvalue weighted by Crippen LogP contribution is -2.50. The first-order valence-electron chi connectivity index (χ1n) is 13.1. The van der Waals surface area contributed by atoms with Gasteiger partial charge in [0.15, 0.2) is 5.75 Å². The quantitative estimate of drug-likeness (QED) is 0.307. The number of H-pyrrole nitrogens is 1. The van der Waals surface area contributed by atoms with Gasteiger partial charge in [0.2, 0.25) is 5.88 Å². The van der Waals surface area contributed by atoms with E-state index in [1.165, 1.54) is 21.9 Å². The minimum Gasteiger partial charge on any atom is -0.505 e. The fourth-order valence-electron chi connectivity index (χ4n) is 4.60. The van der Waals surface area contributed by atoms with Crippen molar-refractivity contribution in [2.45, 2.75) is 45.4 Å². The summed E-state index contributed by atoms with van der Waals surface area (Å²) >= 11 is 0. The maximum absolute atomic E-state index is 14.1. The molecule has 0 radical (unpaired) electrons. The van der Waals surface area contributed by atoms with Crippen LogP contribution in [0.25, 0.3) is 0 Å². The largest absolute Gasteiger partial charge is 0.505 e. The number of anilines is 2. The van der Waals surface area contributed by atoms with Gasteiger partial charge in [-0.25, -0.2) is 4.79 Å². The Morgan fingerprint density at radius 2 is 1.63 bits per heavy atom. The molecule has 12 heteroatoms. The number of hydrogen-bond acceptors (Lipinski definition) is 6. The van der Waals surface area contributed by atoms with Crippen molar-refractivity contribution in [2.24, 2.45) is 0 Å². The zero-order valence-corrected chi connectivity index (χ0v) is 23.0. The van der Waals surface area contributed by atoms with Crippen molar-refractivity contribution in [3.05, 3.63) is 70.9 Å². The van der Waals surface area contributed by atoms with E-state index in [1.54, 1.807) is 20.8 Å². The molecule has 0 spiro atoms. The van der Waals surface area contributed by atoms with E-state index in [2.05, 4.69) is 10.3 Å². The van der Waals surface area contributed by atoms with Gasteiger partial charge in [-0.15, -0.1) is 0 Å². The Morgan fingerprint density at radius 1 is 0.976 bits per heavy atom. The monoisotopic (exact) mass is 574 g/mol. The number of aryl methyl sites for hydroxylation is 2. The summed E-state index contributed by atoms with van der Waals surface area (Å²) in [7, 11) is 0. The molecule has 41 heavy (non-hydrogen) atoms. The van der Waals surface area contributed by atoms with Crippen LogP contribution in [0.4, 0.5) is 29.3 Å². The number of aromatic hydroxyl groups is 2. The number of nitrogens with one attached hydrogen (secondary N) is 2. The third kappa shape index (κ3) is 7.24. The summed E-state index contributed by atoms with van der Waals surface area (Å²) in [5.74, 6) is -2.01. The molecule has 3 aromatic rings. The van der Waals surface area contributed by atoms with E-state index in [9.17, 15) is 33.0 Å². The second kappa shape index (κ2) is 11.6. The zero-order chi connectivity index (χ0) is 29.9. The van der Waals surface area contributed by atoms with Crippen molar-refractivity contribution in [2.75, 3.05) is 36.4 Å².